The Morgan fingerprint density at radius 3 is 2.09 bits per heavy atom. The lowest BCUT2D eigenvalue weighted by Crippen LogP contribution is -2.54. The predicted molar refractivity (Wildman–Crippen MR) is 127 cm³/mol. The largest absolute Gasteiger partial charge is 0.480 e. The van der Waals surface area contributed by atoms with Gasteiger partial charge in [0, 0.05) is 19.6 Å². The summed E-state index contributed by atoms with van der Waals surface area (Å²) in [4.78, 5) is 38.6. The highest BCUT2D eigenvalue weighted by Gasteiger charge is 2.30. The maximum absolute atomic E-state index is 12.7. The molecule has 34 heavy (non-hydrogen) atoms. The zero-order chi connectivity index (χ0) is 24.7. The summed E-state index contributed by atoms with van der Waals surface area (Å²) in [5.41, 5.74) is 4.38. The molecule has 0 saturated heterocycles. The van der Waals surface area contributed by atoms with E-state index < -0.39 is 30.1 Å². The Labute approximate surface area is 199 Å². The van der Waals surface area contributed by atoms with Crippen LogP contribution in [0.5, 0.6) is 0 Å². The molecule has 0 heterocycles. The van der Waals surface area contributed by atoms with Crippen LogP contribution < -0.4 is 10.6 Å². The number of methoxy groups -OCH3 is 1. The lowest BCUT2D eigenvalue weighted by atomic mass is 9.98. The molecule has 182 valence electrons. The second kappa shape index (κ2) is 11.6. The van der Waals surface area contributed by atoms with Crippen molar-refractivity contribution in [2.75, 3.05) is 41.0 Å². The van der Waals surface area contributed by atoms with Gasteiger partial charge in [-0.15, -0.1) is 0 Å². The molecular weight excluding hydrogens is 438 g/mol. The van der Waals surface area contributed by atoms with Crippen molar-refractivity contribution in [1.29, 1.82) is 0 Å². The number of ether oxygens (including phenoxy) is 2. The zero-order valence-electron chi connectivity index (χ0n) is 19.6. The summed E-state index contributed by atoms with van der Waals surface area (Å²) in [6, 6.07) is 13.8. The second-order valence-corrected chi connectivity index (χ2v) is 8.47. The van der Waals surface area contributed by atoms with Gasteiger partial charge in [0.05, 0.1) is 6.61 Å². The van der Waals surface area contributed by atoms with E-state index in [-0.39, 0.29) is 25.6 Å². The van der Waals surface area contributed by atoms with Crippen LogP contribution in [0.1, 0.15) is 23.5 Å². The molecule has 1 unspecified atom stereocenters. The molecule has 1 aliphatic rings. The van der Waals surface area contributed by atoms with Gasteiger partial charge < -0.3 is 30.1 Å². The molecule has 0 aliphatic heterocycles. The summed E-state index contributed by atoms with van der Waals surface area (Å²) in [7, 11) is 5.01. The molecule has 0 spiro atoms. The van der Waals surface area contributed by atoms with Gasteiger partial charge in [0.15, 0.2) is 0 Å². The number of hydrogen-bond donors (Lipinski definition) is 3. The number of fused-ring (bicyclic) bond motifs is 3. The first kappa shape index (κ1) is 25.2. The van der Waals surface area contributed by atoms with E-state index in [0.717, 1.165) is 22.3 Å². The van der Waals surface area contributed by atoms with Crippen LogP contribution in [0.3, 0.4) is 0 Å². The summed E-state index contributed by atoms with van der Waals surface area (Å²) in [5.74, 6) is -1.91. The fourth-order valence-corrected chi connectivity index (χ4v) is 4.05. The molecule has 0 aromatic heterocycles. The number of rotatable bonds is 11. The number of amides is 2. The summed E-state index contributed by atoms with van der Waals surface area (Å²) < 4.78 is 10.5. The lowest BCUT2D eigenvalue weighted by Gasteiger charge is -2.22. The topological polar surface area (TPSA) is 117 Å². The highest BCUT2D eigenvalue weighted by Crippen LogP contribution is 2.44. The van der Waals surface area contributed by atoms with Crippen LogP contribution >= 0.6 is 0 Å². The van der Waals surface area contributed by atoms with Crippen molar-refractivity contribution in [3.63, 3.8) is 0 Å². The fraction of sp³-hybridized carbons (Fsp3) is 0.400. The Bertz CT molecular complexity index is 980. The third-order valence-electron chi connectivity index (χ3n) is 5.77. The summed E-state index contributed by atoms with van der Waals surface area (Å²) in [6.45, 7) is 0.448. The summed E-state index contributed by atoms with van der Waals surface area (Å²) in [5, 5.41) is 14.4. The number of aliphatic carboxylic acids is 1. The van der Waals surface area contributed by atoms with E-state index in [4.69, 9.17) is 9.47 Å². The number of carbonyl (C=O) groups excluding carboxylic acids is 2. The van der Waals surface area contributed by atoms with E-state index in [1.165, 1.54) is 7.11 Å². The molecule has 0 saturated carbocycles. The molecule has 3 rings (SSSR count). The van der Waals surface area contributed by atoms with Gasteiger partial charge in [0.25, 0.3) is 0 Å². The van der Waals surface area contributed by atoms with Crippen LogP contribution in [0, 0.1) is 0 Å². The van der Waals surface area contributed by atoms with Crippen molar-refractivity contribution in [3.05, 3.63) is 59.7 Å². The fourth-order valence-electron chi connectivity index (χ4n) is 4.05. The Kier molecular flexibility index (Phi) is 8.61. The van der Waals surface area contributed by atoms with Crippen LogP contribution in [-0.2, 0) is 19.1 Å². The van der Waals surface area contributed by atoms with Gasteiger partial charge in [-0.2, -0.15) is 0 Å². The van der Waals surface area contributed by atoms with E-state index in [1.54, 1.807) is 0 Å². The van der Waals surface area contributed by atoms with Crippen molar-refractivity contribution in [1.82, 2.24) is 15.5 Å². The van der Waals surface area contributed by atoms with Gasteiger partial charge in [0.1, 0.15) is 18.7 Å². The second-order valence-electron chi connectivity index (χ2n) is 8.47. The first-order valence-electron chi connectivity index (χ1n) is 11.1. The molecule has 3 N–H and O–H groups in total. The molecule has 9 nitrogen and oxygen atoms in total. The van der Waals surface area contributed by atoms with Gasteiger partial charge in [-0.25, -0.2) is 9.59 Å². The van der Waals surface area contributed by atoms with E-state index in [0.29, 0.717) is 6.54 Å². The van der Waals surface area contributed by atoms with Crippen LogP contribution in [0.15, 0.2) is 48.5 Å². The monoisotopic (exact) mass is 469 g/mol. The Hall–Kier alpha value is -3.43. The third kappa shape index (κ3) is 6.12. The average Bonchev–Trinajstić information content (AvgIpc) is 3.13. The molecule has 0 radical (unpaired) electrons. The van der Waals surface area contributed by atoms with Gasteiger partial charge in [-0.3, -0.25) is 4.79 Å². The SMILES string of the molecule is COC[C@H](NC(=O)OCC1c2ccccc2-c2ccccc21)C(=O)NC(CCN(C)C)C(=O)O. The van der Waals surface area contributed by atoms with E-state index in [1.807, 2.05) is 67.5 Å². The average molecular weight is 470 g/mol. The van der Waals surface area contributed by atoms with Gasteiger partial charge >= 0.3 is 12.1 Å². The number of nitrogens with zero attached hydrogens (tertiary/aromatic N) is 1. The molecule has 0 fully saturated rings. The normalized spacial score (nSPS) is 14.1. The third-order valence-corrected chi connectivity index (χ3v) is 5.77. The van der Waals surface area contributed by atoms with Crippen molar-refractivity contribution < 1.29 is 29.0 Å². The molecule has 2 aromatic carbocycles. The number of nitrogens with one attached hydrogen (secondary N) is 2. The van der Waals surface area contributed by atoms with E-state index >= 15 is 0 Å². The highest BCUT2D eigenvalue weighted by molar-refractivity contribution is 5.89. The molecule has 2 amide bonds. The number of carboxylic acid groups (broad SMARTS) is 1. The Morgan fingerprint density at radius 2 is 1.56 bits per heavy atom. The smallest absolute Gasteiger partial charge is 0.407 e. The summed E-state index contributed by atoms with van der Waals surface area (Å²) in [6.07, 6.45) is -0.558. The number of carboxylic acids is 1. The number of hydrogen-bond acceptors (Lipinski definition) is 6. The molecular formula is C25H31N3O6. The van der Waals surface area contributed by atoms with Crippen molar-refractivity contribution in [2.24, 2.45) is 0 Å². The highest BCUT2D eigenvalue weighted by atomic mass is 16.5. The molecule has 9 heteroatoms. The molecule has 2 atom stereocenters. The lowest BCUT2D eigenvalue weighted by molar-refractivity contribution is -0.142. The quantitative estimate of drug-likeness (QED) is 0.461. The Morgan fingerprint density at radius 1 is 0.971 bits per heavy atom. The molecule has 2 aromatic rings. The predicted octanol–water partition coefficient (Wildman–Crippen LogP) is 2.06. The van der Waals surface area contributed by atoms with Crippen molar-refractivity contribution in [3.8, 4) is 11.1 Å². The maximum atomic E-state index is 12.7. The van der Waals surface area contributed by atoms with Crippen molar-refractivity contribution >= 4 is 18.0 Å². The zero-order valence-corrected chi connectivity index (χ0v) is 19.6. The van der Waals surface area contributed by atoms with Crippen molar-refractivity contribution in [2.45, 2.75) is 24.4 Å². The van der Waals surface area contributed by atoms with Crippen LogP contribution in [0.2, 0.25) is 0 Å². The van der Waals surface area contributed by atoms with E-state index in [2.05, 4.69) is 10.6 Å². The first-order chi connectivity index (χ1) is 16.3. The van der Waals surface area contributed by atoms with E-state index in [9.17, 15) is 19.5 Å². The number of alkyl carbamates (subject to hydrolysis) is 1. The number of carbonyl (C=O) groups is 3. The van der Waals surface area contributed by atoms with Crippen LogP contribution in [0.4, 0.5) is 4.79 Å². The van der Waals surface area contributed by atoms with Crippen LogP contribution in [-0.4, -0.2) is 81.0 Å². The molecule has 0 bridgehead atoms. The maximum Gasteiger partial charge on any atom is 0.407 e. The number of benzene rings is 2. The Balaban J connectivity index is 1.62. The minimum absolute atomic E-state index is 0.0990. The van der Waals surface area contributed by atoms with Gasteiger partial charge in [-0.1, -0.05) is 48.5 Å². The minimum Gasteiger partial charge on any atom is -0.480 e. The van der Waals surface area contributed by atoms with Gasteiger partial charge in [-0.05, 0) is 42.8 Å². The molecule has 1 aliphatic carbocycles. The minimum atomic E-state index is -1.15. The summed E-state index contributed by atoms with van der Waals surface area (Å²) >= 11 is 0. The van der Waals surface area contributed by atoms with Crippen LogP contribution in [0.25, 0.3) is 11.1 Å². The first-order valence-corrected chi connectivity index (χ1v) is 11.1. The van der Waals surface area contributed by atoms with Gasteiger partial charge in [0.2, 0.25) is 5.91 Å². The standard InChI is InChI=1S/C25H31N3O6/c1-28(2)13-12-21(24(30)31)26-23(29)22(15-33-3)27-25(32)34-14-20-18-10-6-4-8-16(18)17-9-5-7-11-19(17)20/h4-11,20-22H,12-15H2,1-3H3,(H,26,29)(H,27,32)(H,30,31)/t21?,22-/m0/s1.